The molecule has 11 heteroatoms. The molecule has 0 aliphatic rings. The van der Waals surface area contributed by atoms with E-state index in [0.717, 1.165) is 0 Å². The Morgan fingerprint density at radius 2 is 1.83 bits per heavy atom. The SMILES string of the molecule is NC(=O)NCC(=O)NC/C=C/CNC(=O)c1cc(Cl)nc(Br)c1N. The molecule has 0 spiro atoms. The van der Waals surface area contributed by atoms with Crippen LogP contribution in [-0.2, 0) is 4.79 Å². The van der Waals surface area contributed by atoms with Crippen molar-refractivity contribution >= 4 is 51.1 Å². The maximum Gasteiger partial charge on any atom is 0.312 e. The predicted octanol–water partition coefficient (Wildman–Crippen LogP) is 0.150. The van der Waals surface area contributed by atoms with Crippen LogP contribution < -0.4 is 27.4 Å². The smallest absolute Gasteiger partial charge is 0.312 e. The molecule has 0 saturated heterocycles. The quantitative estimate of drug-likeness (QED) is 0.314. The fraction of sp³-hybridized carbons (Fsp3) is 0.231. The van der Waals surface area contributed by atoms with E-state index in [0.29, 0.717) is 4.60 Å². The number of hydrogen-bond acceptors (Lipinski definition) is 5. The van der Waals surface area contributed by atoms with Crippen LogP contribution in [0.1, 0.15) is 10.4 Å². The Morgan fingerprint density at radius 3 is 2.46 bits per heavy atom. The lowest BCUT2D eigenvalue weighted by molar-refractivity contribution is -0.119. The summed E-state index contributed by atoms with van der Waals surface area (Å²) in [7, 11) is 0. The van der Waals surface area contributed by atoms with Gasteiger partial charge in [-0.05, 0) is 22.0 Å². The first kappa shape index (κ1) is 19.7. The monoisotopic (exact) mass is 418 g/mol. The first-order valence-electron chi connectivity index (χ1n) is 6.66. The average molecular weight is 420 g/mol. The summed E-state index contributed by atoms with van der Waals surface area (Å²) in [5, 5.41) is 7.45. The summed E-state index contributed by atoms with van der Waals surface area (Å²) >= 11 is 8.89. The third-order valence-corrected chi connectivity index (χ3v) is 3.41. The van der Waals surface area contributed by atoms with E-state index in [1.807, 2.05) is 0 Å². The molecule has 0 aliphatic carbocycles. The molecule has 0 fully saturated rings. The summed E-state index contributed by atoms with van der Waals surface area (Å²) in [5.74, 6) is -0.789. The topological polar surface area (TPSA) is 152 Å². The average Bonchev–Trinajstić information content (AvgIpc) is 2.51. The zero-order chi connectivity index (χ0) is 18.1. The van der Waals surface area contributed by atoms with Crippen molar-refractivity contribution in [2.75, 3.05) is 25.4 Å². The van der Waals surface area contributed by atoms with Crippen molar-refractivity contribution in [3.63, 3.8) is 0 Å². The van der Waals surface area contributed by atoms with E-state index < -0.39 is 11.9 Å². The summed E-state index contributed by atoms with van der Waals surface area (Å²) in [6, 6.07) is 0.595. The molecule has 1 rings (SSSR count). The van der Waals surface area contributed by atoms with Crippen LogP contribution in [-0.4, -0.2) is 42.5 Å². The van der Waals surface area contributed by atoms with Gasteiger partial charge in [0, 0.05) is 13.1 Å². The predicted molar refractivity (Wildman–Crippen MR) is 93.4 cm³/mol. The molecule has 1 heterocycles. The number of aromatic nitrogens is 1. The third-order valence-electron chi connectivity index (χ3n) is 2.61. The van der Waals surface area contributed by atoms with Crippen LogP contribution in [0.5, 0.6) is 0 Å². The number of hydrogen-bond donors (Lipinski definition) is 5. The van der Waals surface area contributed by atoms with Gasteiger partial charge in [-0.3, -0.25) is 9.59 Å². The summed E-state index contributed by atoms with van der Waals surface area (Å²) in [6.07, 6.45) is 3.29. The number of nitrogens with two attached hydrogens (primary N) is 2. The van der Waals surface area contributed by atoms with Gasteiger partial charge < -0.3 is 27.4 Å². The molecule has 0 aromatic carbocycles. The van der Waals surface area contributed by atoms with Gasteiger partial charge in [-0.15, -0.1) is 0 Å². The number of nitrogens with one attached hydrogen (secondary N) is 3. The van der Waals surface area contributed by atoms with Gasteiger partial charge in [0.25, 0.3) is 5.91 Å². The molecule has 0 unspecified atom stereocenters. The highest BCUT2D eigenvalue weighted by Gasteiger charge is 2.13. The van der Waals surface area contributed by atoms with Crippen LogP contribution in [0.4, 0.5) is 10.5 Å². The maximum absolute atomic E-state index is 12.0. The number of nitrogen functional groups attached to an aromatic ring is 1. The molecular formula is C13H16BrClN6O3. The largest absolute Gasteiger partial charge is 0.396 e. The van der Waals surface area contributed by atoms with Crippen LogP contribution in [0.25, 0.3) is 0 Å². The minimum Gasteiger partial charge on any atom is -0.396 e. The molecule has 1 aromatic rings. The number of halogens is 2. The van der Waals surface area contributed by atoms with Gasteiger partial charge in [0.1, 0.15) is 9.76 Å². The Labute approximate surface area is 151 Å². The summed E-state index contributed by atoms with van der Waals surface area (Å²) in [5.41, 5.74) is 11.0. The van der Waals surface area contributed by atoms with Crippen molar-refractivity contribution in [2.24, 2.45) is 5.73 Å². The van der Waals surface area contributed by atoms with Crippen LogP contribution in [0, 0.1) is 0 Å². The third kappa shape index (κ3) is 6.84. The normalized spacial score (nSPS) is 10.4. The molecule has 0 aliphatic heterocycles. The number of amides is 4. The van der Waals surface area contributed by atoms with Crippen molar-refractivity contribution in [3.05, 3.63) is 33.5 Å². The van der Waals surface area contributed by atoms with Gasteiger partial charge in [0.15, 0.2) is 0 Å². The van der Waals surface area contributed by atoms with Gasteiger partial charge in [-0.1, -0.05) is 23.8 Å². The van der Waals surface area contributed by atoms with E-state index in [1.165, 1.54) is 6.07 Å². The number of anilines is 1. The van der Waals surface area contributed by atoms with E-state index in [9.17, 15) is 14.4 Å². The molecule has 9 nitrogen and oxygen atoms in total. The zero-order valence-electron chi connectivity index (χ0n) is 12.4. The number of nitrogens with zero attached hydrogens (tertiary/aromatic N) is 1. The van der Waals surface area contributed by atoms with Crippen molar-refractivity contribution in [2.45, 2.75) is 0 Å². The van der Waals surface area contributed by atoms with E-state index in [4.69, 9.17) is 23.1 Å². The molecule has 7 N–H and O–H groups in total. The molecule has 4 amide bonds. The maximum atomic E-state index is 12.0. The Morgan fingerprint density at radius 1 is 1.21 bits per heavy atom. The summed E-state index contributed by atoms with van der Waals surface area (Å²) < 4.78 is 0.294. The number of carbonyl (C=O) groups is 3. The minimum absolute atomic E-state index is 0.143. The molecule has 0 saturated carbocycles. The second kappa shape index (κ2) is 9.73. The molecular weight excluding hydrogens is 404 g/mol. The standard InChI is InChI=1S/C13H16BrClN6O3/c14-11-10(16)7(5-8(15)21-11)12(23)19-4-2-1-3-18-9(22)6-20-13(17)24/h1-2,5H,3-4,6,16H2,(H,18,22)(H,19,23)(H3,17,20,24)/b2-1+. The summed E-state index contributed by atoms with van der Waals surface area (Å²) in [6.45, 7) is 0.270. The molecule has 1 aromatic heterocycles. The van der Waals surface area contributed by atoms with Crippen molar-refractivity contribution in [1.29, 1.82) is 0 Å². The fourth-order valence-electron chi connectivity index (χ4n) is 1.50. The fourth-order valence-corrected chi connectivity index (χ4v) is 2.20. The zero-order valence-corrected chi connectivity index (χ0v) is 14.8. The van der Waals surface area contributed by atoms with Gasteiger partial charge in [-0.2, -0.15) is 0 Å². The van der Waals surface area contributed by atoms with E-state index in [2.05, 4.69) is 36.9 Å². The lowest BCUT2D eigenvalue weighted by Crippen LogP contribution is -2.39. The van der Waals surface area contributed by atoms with Gasteiger partial charge in [-0.25, -0.2) is 9.78 Å². The molecule has 24 heavy (non-hydrogen) atoms. The number of carbonyl (C=O) groups excluding carboxylic acids is 3. The minimum atomic E-state index is -0.773. The highest BCUT2D eigenvalue weighted by Crippen LogP contribution is 2.24. The van der Waals surface area contributed by atoms with Crippen molar-refractivity contribution in [1.82, 2.24) is 20.9 Å². The van der Waals surface area contributed by atoms with Gasteiger partial charge in [0.2, 0.25) is 5.91 Å². The van der Waals surface area contributed by atoms with E-state index >= 15 is 0 Å². The molecule has 130 valence electrons. The van der Waals surface area contributed by atoms with Gasteiger partial charge >= 0.3 is 6.03 Å². The van der Waals surface area contributed by atoms with E-state index in [1.54, 1.807) is 12.2 Å². The summed E-state index contributed by atoms with van der Waals surface area (Å²) in [4.78, 5) is 37.5. The molecule has 0 bridgehead atoms. The number of urea groups is 1. The molecule has 0 radical (unpaired) electrons. The lowest BCUT2D eigenvalue weighted by atomic mass is 10.2. The van der Waals surface area contributed by atoms with E-state index in [-0.39, 0.29) is 41.9 Å². The number of rotatable bonds is 7. The van der Waals surface area contributed by atoms with Crippen LogP contribution in [0.3, 0.4) is 0 Å². The highest BCUT2D eigenvalue weighted by atomic mass is 79.9. The highest BCUT2D eigenvalue weighted by molar-refractivity contribution is 9.10. The van der Waals surface area contributed by atoms with Crippen LogP contribution in [0.2, 0.25) is 5.15 Å². The Kier molecular flexibility index (Phi) is 7.99. The van der Waals surface area contributed by atoms with Crippen molar-refractivity contribution in [3.8, 4) is 0 Å². The first-order chi connectivity index (χ1) is 11.3. The first-order valence-corrected chi connectivity index (χ1v) is 7.83. The number of pyridine rings is 1. The second-order valence-electron chi connectivity index (χ2n) is 4.40. The molecule has 0 atom stereocenters. The Hall–Kier alpha value is -2.33. The van der Waals surface area contributed by atoms with Crippen LogP contribution in [0.15, 0.2) is 22.8 Å². The number of primary amides is 1. The Bertz CT molecular complexity index is 667. The second-order valence-corrected chi connectivity index (χ2v) is 5.54. The Balaban J connectivity index is 2.36. The lowest BCUT2D eigenvalue weighted by Gasteiger charge is -2.07. The van der Waals surface area contributed by atoms with Crippen LogP contribution >= 0.6 is 27.5 Å². The van der Waals surface area contributed by atoms with Crippen molar-refractivity contribution < 1.29 is 14.4 Å². The van der Waals surface area contributed by atoms with Gasteiger partial charge in [0.05, 0.1) is 17.8 Å².